The molecular formula is C53H106N32O11. The summed E-state index contributed by atoms with van der Waals surface area (Å²) < 4.78 is 0. The van der Waals surface area contributed by atoms with Crippen molar-refractivity contribution in [2.75, 3.05) is 52.4 Å². The maximum absolute atomic E-state index is 14.7. The number of carboxylic acid groups (broad SMARTS) is 1. The Labute approximate surface area is 556 Å². The van der Waals surface area contributed by atoms with Crippen molar-refractivity contribution in [2.24, 2.45) is 57.3 Å². The van der Waals surface area contributed by atoms with Gasteiger partial charge in [0, 0.05) is 52.2 Å². The van der Waals surface area contributed by atoms with E-state index in [1.807, 2.05) is 0 Å². The van der Waals surface area contributed by atoms with Crippen LogP contribution in [0.4, 0.5) is 0 Å². The molecule has 43 N–H and O–H groups in total. The minimum Gasteiger partial charge on any atom is -0.480 e. The predicted octanol–water partition coefficient (Wildman–Crippen LogP) is -10.5. The molecule has 0 aliphatic rings. The average molecular weight is 1370 g/mol. The second-order valence-corrected chi connectivity index (χ2v) is 22.1. The lowest BCUT2D eigenvalue weighted by Gasteiger charge is -2.28. The van der Waals surface area contributed by atoms with Gasteiger partial charge < -0.3 is 142 Å². The van der Waals surface area contributed by atoms with E-state index in [1.165, 1.54) is 0 Å². The molecule has 0 radical (unpaired) electrons. The summed E-state index contributed by atoms with van der Waals surface area (Å²) in [5.41, 5.74) is 55.4. The number of carboxylic acids is 1. The lowest BCUT2D eigenvalue weighted by Crippen LogP contribution is -2.60. The smallest absolute Gasteiger partial charge is 0.326 e. The summed E-state index contributed by atoms with van der Waals surface area (Å²) >= 11 is 0. The van der Waals surface area contributed by atoms with Crippen molar-refractivity contribution in [3.63, 3.8) is 0 Å². The van der Waals surface area contributed by atoms with Crippen LogP contribution in [-0.4, -0.2) is 213 Å². The van der Waals surface area contributed by atoms with E-state index < -0.39 is 162 Å². The van der Waals surface area contributed by atoms with Crippen molar-refractivity contribution in [3.8, 4) is 0 Å². The van der Waals surface area contributed by atoms with Gasteiger partial charge in [0.15, 0.2) is 41.7 Å². The van der Waals surface area contributed by atoms with E-state index in [1.54, 1.807) is 0 Å². The molecule has 0 spiro atoms. The monoisotopic (exact) mass is 1370 g/mol. The molecule has 9 atom stereocenters. The van der Waals surface area contributed by atoms with Crippen molar-refractivity contribution in [3.05, 3.63) is 0 Å². The number of carbonyl (C=O) groups excluding carboxylic acids is 9. The van der Waals surface area contributed by atoms with Crippen LogP contribution >= 0.6 is 0 Å². The summed E-state index contributed by atoms with van der Waals surface area (Å²) in [4.78, 5) is 138. The third-order valence-electron chi connectivity index (χ3n) is 13.9. The fourth-order valence-corrected chi connectivity index (χ4v) is 8.95. The highest BCUT2D eigenvalue weighted by Crippen LogP contribution is 2.11. The summed E-state index contributed by atoms with van der Waals surface area (Å²) in [6.07, 6.45) is -0.335. The molecule has 9 amide bonds. The van der Waals surface area contributed by atoms with Crippen LogP contribution in [0.15, 0.2) is 0 Å². The van der Waals surface area contributed by atoms with Crippen LogP contribution in [0.5, 0.6) is 0 Å². The first-order chi connectivity index (χ1) is 45.3. The van der Waals surface area contributed by atoms with E-state index in [9.17, 15) is 53.1 Å². The van der Waals surface area contributed by atoms with E-state index in [0.29, 0.717) is 19.4 Å². The van der Waals surface area contributed by atoms with Gasteiger partial charge in [0.2, 0.25) is 53.2 Å². The van der Waals surface area contributed by atoms with Gasteiger partial charge in [-0.05, 0) is 116 Å². The van der Waals surface area contributed by atoms with Gasteiger partial charge in [-0.25, -0.2) is 4.79 Å². The Morgan fingerprint density at radius 2 is 0.479 bits per heavy atom. The lowest BCUT2D eigenvalue weighted by atomic mass is 10.0. The highest BCUT2D eigenvalue weighted by Gasteiger charge is 2.35. The molecule has 0 heterocycles. The van der Waals surface area contributed by atoms with Crippen LogP contribution in [0.1, 0.15) is 122 Å². The van der Waals surface area contributed by atoms with E-state index >= 15 is 0 Å². The van der Waals surface area contributed by atoms with Crippen LogP contribution in [0.3, 0.4) is 0 Å². The minimum atomic E-state index is -1.64. The lowest BCUT2D eigenvalue weighted by molar-refractivity contribution is -0.142. The molecule has 0 aromatic rings. The quantitative estimate of drug-likeness (QED) is 0.0153. The second-order valence-electron chi connectivity index (χ2n) is 22.1. The number of nitrogens with one attached hydrogen (secondary N) is 22. The Bertz CT molecular complexity index is 2600. The number of primary amides is 1. The molecule has 0 aromatic heterocycles. The molecule has 0 aromatic carbocycles. The van der Waals surface area contributed by atoms with Crippen molar-refractivity contribution in [2.45, 2.75) is 176 Å². The number of unbranched alkanes of at least 4 members (excludes halogenated alkanes) is 1. The molecule has 43 heteroatoms. The number of aliphatic carboxylic acids is 1. The van der Waals surface area contributed by atoms with Gasteiger partial charge >= 0.3 is 5.97 Å². The molecule has 0 saturated carbocycles. The summed E-state index contributed by atoms with van der Waals surface area (Å²) in [6, 6.07) is -13.2. The zero-order valence-corrected chi connectivity index (χ0v) is 54.1. The Morgan fingerprint density at radius 3 is 0.656 bits per heavy atom. The van der Waals surface area contributed by atoms with Gasteiger partial charge in [0.25, 0.3) is 0 Å². The fourth-order valence-electron chi connectivity index (χ4n) is 8.95. The highest BCUT2D eigenvalue weighted by atomic mass is 16.4. The van der Waals surface area contributed by atoms with E-state index in [-0.39, 0.29) is 148 Å². The summed E-state index contributed by atoms with van der Waals surface area (Å²) in [5, 5.41) is 102. The van der Waals surface area contributed by atoms with E-state index in [4.69, 9.17) is 95.2 Å². The molecule has 0 bridgehead atoms. The molecule has 0 rings (SSSR count). The van der Waals surface area contributed by atoms with Crippen LogP contribution in [0.2, 0.25) is 0 Å². The third-order valence-corrected chi connectivity index (χ3v) is 13.9. The molecule has 0 fully saturated rings. The first kappa shape index (κ1) is 85.5. The molecule has 96 heavy (non-hydrogen) atoms. The topological polar surface area (TPSA) is 799 Å². The number of nitrogens with two attached hydrogens (primary N) is 10. The number of hydrogen-bond acceptors (Lipinski definition) is 19. The number of carbonyl (C=O) groups is 10. The molecule has 0 unspecified atom stereocenters. The van der Waals surface area contributed by atoms with Crippen LogP contribution in [0, 0.1) is 37.9 Å². The highest BCUT2D eigenvalue weighted by molar-refractivity contribution is 5.98. The third kappa shape index (κ3) is 41.9. The van der Waals surface area contributed by atoms with Crippen LogP contribution in [-0.2, 0) is 47.9 Å². The molecular weight excluding hydrogens is 1260 g/mol. The van der Waals surface area contributed by atoms with E-state index in [0.717, 1.165) is 0 Å². The molecule has 0 saturated heterocycles. The number of amides is 9. The normalized spacial score (nSPS) is 13.5. The predicted molar refractivity (Wildman–Crippen MR) is 356 cm³/mol. The van der Waals surface area contributed by atoms with Gasteiger partial charge in [-0.15, -0.1) is 0 Å². The largest absolute Gasteiger partial charge is 0.480 e. The number of rotatable bonds is 52. The first-order valence-corrected chi connectivity index (χ1v) is 31.2. The van der Waals surface area contributed by atoms with Crippen LogP contribution in [0.25, 0.3) is 0 Å². The zero-order valence-electron chi connectivity index (χ0n) is 54.1. The molecule has 544 valence electrons. The molecule has 0 aliphatic carbocycles. The second kappa shape index (κ2) is 49.1. The summed E-state index contributed by atoms with van der Waals surface area (Å²) in [5.74, 6) is -12.7. The Balaban J connectivity index is 7.65. The van der Waals surface area contributed by atoms with Gasteiger partial charge in [-0.1, -0.05) is 6.42 Å². The van der Waals surface area contributed by atoms with Gasteiger partial charge in [-0.3, -0.25) is 81.0 Å². The zero-order chi connectivity index (χ0) is 72.7. The van der Waals surface area contributed by atoms with Crippen molar-refractivity contribution in [1.82, 2.24) is 79.8 Å². The summed E-state index contributed by atoms with van der Waals surface area (Å²) in [6.45, 7) is 0.471. The molecule has 0 aliphatic heterocycles. The first-order valence-electron chi connectivity index (χ1n) is 31.2. The maximum Gasteiger partial charge on any atom is 0.326 e. The maximum atomic E-state index is 14.7. The van der Waals surface area contributed by atoms with Gasteiger partial charge in [-0.2, -0.15) is 0 Å². The molecule has 43 nitrogen and oxygen atoms in total. The van der Waals surface area contributed by atoms with E-state index in [2.05, 4.69) is 79.8 Å². The van der Waals surface area contributed by atoms with Crippen molar-refractivity contribution >= 4 is 101 Å². The van der Waals surface area contributed by atoms with Gasteiger partial charge in [0.1, 0.15) is 48.3 Å². The van der Waals surface area contributed by atoms with Crippen molar-refractivity contribution in [1.29, 1.82) is 37.9 Å². The SMILES string of the molecule is N=C(N)NCCC[C@H](NC(=O)[C@H](CCCNC(=N)N)NC(=O)[C@H](CCCNC(=N)N)NC(=O)[C@H](CCCNC(=N)N)NC(=O)[C@H](CCCNC(=N)N)NC(=O)[C@H](CCCNC(=N)N)NC(=O)[C@H](CCCNC(=N)N)NC(=O)[C@@H](N)CCCCN)C(=O)N[C@@H](CCC(N)=O)C(=O)O. The standard InChI is InChI=1S/C53H106N32O11/c54-20-2-1-10-28(55)38(87)78-29(11-3-21-71-47(57)58)39(88)79-30(12-4-22-72-48(59)60)40(89)80-31(13-5-23-73-49(61)62)41(90)81-32(14-6-24-74-50(63)64)42(91)82-33(15-7-25-75-51(65)66)43(92)83-34(16-8-26-76-52(67)68)44(93)84-35(17-9-27-77-53(69)70)45(94)85-36(46(95)96)18-19-37(56)86/h28-36H,1-27,54-55H2,(H2,56,86)(H,78,87)(H,79,88)(H,80,89)(H,81,90)(H,82,91)(H,83,92)(H,84,93)(H,85,94)(H,95,96)(H4,57,58,71)(H4,59,60,72)(H4,61,62,73)(H4,63,64,74)(H4,65,66,75)(H4,67,68,76)(H4,69,70,77)/t28-,29-,30-,31-,32-,33-,34-,35-,36-/m0/s1. The number of guanidine groups is 7. The fraction of sp³-hybridized carbons (Fsp3) is 0.679. The van der Waals surface area contributed by atoms with Crippen LogP contribution < -0.4 is 137 Å². The Hall–Kier alpha value is -10.5. The number of hydrogen-bond donors (Lipinski definition) is 33. The Kier molecular flexibility index (Phi) is 43.8. The Morgan fingerprint density at radius 1 is 0.281 bits per heavy atom. The van der Waals surface area contributed by atoms with Gasteiger partial charge in [0.05, 0.1) is 6.04 Å². The van der Waals surface area contributed by atoms with Crippen molar-refractivity contribution < 1.29 is 53.1 Å². The minimum absolute atomic E-state index is 0.00168. The summed E-state index contributed by atoms with van der Waals surface area (Å²) in [7, 11) is 0. The average Bonchev–Trinajstić information content (AvgIpc) is 1.32.